The molecule has 34 heavy (non-hydrogen) atoms. The van der Waals surface area contributed by atoms with Crippen molar-refractivity contribution in [2.75, 3.05) is 26.4 Å². The van der Waals surface area contributed by atoms with E-state index in [1.165, 1.54) is 12.8 Å². The van der Waals surface area contributed by atoms with Crippen LogP contribution in [0.1, 0.15) is 51.4 Å². The van der Waals surface area contributed by atoms with Crippen LogP contribution in [0.25, 0.3) is 0 Å². The van der Waals surface area contributed by atoms with Gasteiger partial charge in [-0.05, 0) is 19.4 Å². The summed E-state index contributed by atoms with van der Waals surface area (Å²) in [6, 6.07) is 0. The van der Waals surface area contributed by atoms with Gasteiger partial charge in [0.2, 0.25) is 0 Å². The molecule has 202 valence electrons. The van der Waals surface area contributed by atoms with Gasteiger partial charge in [0.1, 0.15) is 48.8 Å². The van der Waals surface area contributed by atoms with Crippen LogP contribution in [0.5, 0.6) is 0 Å². The molecule has 2 rings (SSSR count). The van der Waals surface area contributed by atoms with Gasteiger partial charge in [0.15, 0.2) is 12.6 Å². The van der Waals surface area contributed by atoms with E-state index in [4.69, 9.17) is 24.7 Å². The molecule has 0 saturated carbocycles. The number of hydrogen-bond donors (Lipinski definition) is 8. The van der Waals surface area contributed by atoms with Crippen LogP contribution in [-0.4, -0.2) is 124 Å². The van der Waals surface area contributed by atoms with Gasteiger partial charge in [-0.2, -0.15) is 0 Å². The third-order valence-electron chi connectivity index (χ3n) is 6.34. The second kappa shape index (κ2) is 15.6. The minimum Gasteiger partial charge on any atom is -0.394 e. The minimum atomic E-state index is -1.70. The molecule has 0 amide bonds. The van der Waals surface area contributed by atoms with Gasteiger partial charge in [-0.15, -0.1) is 0 Å². The highest BCUT2D eigenvalue weighted by molar-refractivity contribution is 4.94. The molecule has 12 heteroatoms. The van der Waals surface area contributed by atoms with Gasteiger partial charge in [0, 0.05) is 6.61 Å². The maximum absolute atomic E-state index is 10.6. The van der Waals surface area contributed by atoms with Gasteiger partial charge >= 0.3 is 0 Å². The fraction of sp³-hybridized carbons (Fsp3) is 1.00. The van der Waals surface area contributed by atoms with E-state index in [1.807, 2.05) is 0 Å². The van der Waals surface area contributed by atoms with Crippen molar-refractivity contribution in [3.8, 4) is 0 Å². The number of unbranched alkanes of at least 4 members (excludes halogenated alkanes) is 7. The second-order valence-corrected chi connectivity index (χ2v) is 8.99. The number of ether oxygens (including phenoxy) is 4. The third-order valence-corrected chi connectivity index (χ3v) is 6.34. The van der Waals surface area contributed by atoms with Crippen molar-refractivity contribution in [2.24, 2.45) is 5.73 Å². The van der Waals surface area contributed by atoms with E-state index >= 15 is 0 Å². The SMILES string of the molecule is NCCCCCCCCCCO[C@@H]1O[C@H](CO)[C@H](O[C@H]2O[C@H](CO)[C@H](O)[C@H](O)[C@H]2O)[C@H](O)[C@H]1O. The Morgan fingerprint density at radius 1 is 0.588 bits per heavy atom. The predicted octanol–water partition coefficient (Wildman–Crippen LogP) is -2.29. The molecule has 0 aromatic rings. The van der Waals surface area contributed by atoms with Crippen LogP contribution in [-0.2, 0) is 18.9 Å². The fourth-order valence-electron chi connectivity index (χ4n) is 4.20. The monoisotopic (exact) mass is 497 g/mol. The standard InChI is InChI=1S/C22H43NO11/c23-9-7-5-3-1-2-4-6-8-10-31-21-19(30)17(28)20(14(12-25)33-21)34-22-18(29)16(27)15(26)13(11-24)32-22/h13-22,24-30H,1-12,23H2/t13-,14-,15+,16+,17-,18-,19-,20+,21-,22-/m1/s1. The van der Waals surface area contributed by atoms with E-state index < -0.39 is 74.6 Å². The highest BCUT2D eigenvalue weighted by Crippen LogP contribution is 2.29. The average Bonchev–Trinajstić information content (AvgIpc) is 2.84. The molecular weight excluding hydrogens is 454 g/mol. The molecule has 0 spiro atoms. The summed E-state index contributed by atoms with van der Waals surface area (Å²) in [6.07, 6.45) is -5.90. The summed E-state index contributed by atoms with van der Waals surface area (Å²) in [4.78, 5) is 0. The summed E-state index contributed by atoms with van der Waals surface area (Å²) >= 11 is 0. The van der Waals surface area contributed by atoms with Gasteiger partial charge in [0.25, 0.3) is 0 Å². The molecule has 0 unspecified atom stereocenters. The number of rotatable bonds is 15. The highest BCUT2D eigenvalue weighted by Gasteiger charge is 2.50. The maximum Gasteiger partial charge on any atom is 0.187 e. The minimum absolute atomic E-state index is 0.304. The van der Waals surface area contributed by atoms with Crippen molar-refractivity contribution in [3.63, 3.8) is 0 Å². The van der Waals surface area contributed by atoms with Crippen molar-refractivity contribution in [3.05, 3.63) is 0 Å². The molecular formula is C22H43NO11. The Hall–Kier alpha value is -0.480. The molecule has 0 radical (unpaired) electrons. The molecule has 2 heterocycles. The van der Waals surface area contributed by atoms with Gasteiger partial charge < -0.3 is 60.4 Å². The zero-order valence-corrected chi connectivity index (χ0v) is 19.6. The fourth-order valence-corrected chi connectivity index (χ4v) is 4.20. The van der Waals surface area contributed by atoms with Crippen LogP contribution in [0.4, 0.5) is 0 Å². The Morgan fingerprint density at radius 3 is 1.71 bits per heavy atom. The van der Waals surface area contributed by atoms with E-state index in [-0.39, 0.29) is 0 Å². The highest BCUT2D eigenvalue weighted by atomic mass is 16.7. The average molecular weight is 498 g/mol. The molecule has 0 aromatic heterocycles. The van der Waals surface area contributed by atoms with E-state index in [9.17, 15) is 35.7 Å². The molecule has 2 aliphatic heterocycles. The summed E-state index contributed by atoms with van der Waals surface area (Å²) in [5.41, 5.74) is 5.48. The molecule has 12 nitrogen and oxygen atoms in total. The molecule has 2 saturated heterocycles. The van der Waals surface area contributed by atoms with Gasteiger partial charge in [-0.25, -0.2) is 0 Å². The maximum atomic E-state index is 10.6. The van der Waals surface area contributed by atoms with Crippen LogP contribution in [0.15, 0.2) is 0 Å². The van der Waals surface area contributed by atoms with Crippen LogP contribution < -0.4 is 5.73 Å². The number of aliphatic hydroxyl groups excluding tert-OH is 7. The zero-order valence-electron chi connectivity index (χ0n) is 19.6. The molecule has 0 aromatic carbocycles. The van der Waals surface area contributed by atoms with Crippen molar-refractivity contribution in [1.82, 2.24) is 0 Å². The van der Waals surface area contributed by atoms with E-state index in [0.717, 1.165) is 45.1 Å². The van der Waals surface area contributed by atoms with Crippen molar-refractivity contribution < 1.29 is 54.7 Å². The van der Waals surface area contributed by atoms with Gasteiger partial charge in [-0.1, -0.05) is 38.5 Å². The molecule has 0 bridgehead atoms. The summed E-state index contributed by atoms with van der Waals surface area (Å²) in [5, 5.41) is 70.0. The number of hydrogen-bond acceptors (Lipinski definition) is 12. The summed E-state index contributed by atoms with van der Waals surface area (Å²) in [7, 11) is 0. The zero-order chi connectivity index (χ0) is 25.1. The Balaban J connectivity index is 1.78. The number of nitrogens with two attached hydrogens (primary N) is 1. The smallest absolute Gasteiger partial charge is 0.187 e. The third kappa shape index (κ3) is 8.29. The lowest BCUT2D eigenvalue weighted by atomic mass is 9.97. The first-order chi connectivity index (χ1) is 16.3. The van der Waals surface area contributed by atoms with Crippen LogP contribution in [0.2, 0.25) is 0 Å². The van der Waals surface area contributed by atoms with Gasteiger partial charge in [0.05, 0.1) is 13.2 Å². The summed E-state index contributed by atoms with van der Waals surface area (Å²) in [6.45, 7) is -0.197. The Bertz CT molecular complexity index is 541. The van der Waals surface area contributed by atoms with Crippen LogP contribution in [0.3, 0.4) is 0 Å². The van der Waals surface area contributed by atoms with Crippen molar-refractivity contribution in [2.45, 2.75) is 113 Å². The lowest BCUT2D eigenvalue weighted by Gasteiger charge is -2.45. The Labute approximate surface area is 200 Å². The molecule has 10 atom stereocenters. The van der Waals surface area contributed by atoms with Crippen molar-refractivity contribution in [1.29, 1.82) is 0 Å². The first-order valence-electron chi connectivity index (χ1n) is 12.3. The van der Waals surface area contributed by atoms with Crippen LogP contribution >= 0.6 is 0 Å². The van der Waals surface area contributed by atoms with E-state index in [2.05, 4.69) is 0 Å². The van der Waals surface area contributed by atoms with Crippen molar-refractivity contribution >= 4 is 0 Å². The van der Waals surface area contributed by atoms with E-state index in [1.54, 1.807) is 0 Å². The molecule has 9 N–H and O–H groups in total. The van der Waals surface area contributed by atoms with Crippen LogP contribution in [0, 0.1) is 0 Å². The lowest BCUT2D eigenvalue weighted by Crippen LogP contribution is -2.64. The molecule has 2 aliphatic rings. The van der Waals surface area contributed by atoms with E-state index in [0.29, 0.717) is 6.61 Å². The summed E-state index contributed by atoms with van der Waals surface area (Å²) in [5.74, 6) is 0. The second-order valence-electron chi connectivity index (χ2n) is 8.99. The topological polar surface area (TPSA) is 205 Å². The first kappa shape index (κ1) is 29.7. The first-order valence-corrected chi connectivity index (χ1v) is 12.3. The Morgan fingerprint density at radius 2 is 1.12 bits per heavy atom. The largest absolute Gasteiger partial charge is 0.394 e. The predicted molar refractivity (Wildman–Crippen MR) is 118 cm³/mol. The number of aliphatic hydroxyl groups is 7. The quantitative estimate of drug-likeness (QED) is 0.113. The molecule has 2 fully saturated rings. The van der Waals surface area contributed by atoms with Gasteiger partial charge in [-0.3, -0.25) is 0 Å². The molecule has 0 aliphatic carbocycles. The lowest BCUT2D eigenvalue weighted by molar-refractivity contribution is -0.359. The summed E-state index contributed by atoms with van der Waals surface area (Å²) < 4.78 is 22.0. The normalized spacial score (nSPS) is 38.8. The Kier molecular flexibility index (Phi) is 13.6.